The highest BCUT2D eigenvalue weighted by molar-refractivity contribution is 6.31. The van der Waals surface area contributed by atoms with E-state index in [1.807, 2.05) is 0 Å². The first-order valence-electron chi connectivity index (χ1n) is 6.39. The molecule has 0 aliphatic rings. The summed E-state index contributed by atoms with van der Waals surface area (Å²) < 4.78 is 0. The lowest BCUT2D eigenvalue weighted by Crippen LogP contribution is -2.18. The number of nitrogens with zero attached hydrogens (tertiary/aromatic N) is 1. The first kappa shape index (κ1) is 14.3. The Morgan fingerprint density at radius 3 is 2.59 bits per heavy atom. The number of rotatable bonds is 7. The van der Waals surface area contributed by atoms with Crippen LogP contribution in [0.2, 0.25) is 5.02 Å². The summed E-state index contributed by atoms with van der Waals surface area (Å²) in [5.74, 6) is 0. The maximum Gasteiger partial charge on any atom is 0.0471 e. The van der Waals surface area contributed by atoms with Crippen molar-refractivity contribution in [2.45, 2.75) is 33.2 Å². The third-order valence-electron chi connectivity index (χ3n) is 2.78. The van der Waals surface area contributed by atoms with E-state index in [9.17, 15) is 0 Å². The third-order valence-corrected chi connectivity index (χ3v) is 3.13. The van der Waals surface area contributed by atoms with E-state index in [0.717, 1.165) is 37.5 Å². The van der Waals surface area contributed by atoms with Crippen molar-refractivity contribution in [3.63, 3.8) is 0 Å². The lowest BCUT2D eigenvalue weighted by Gasteiger charge is -2.19. The minimum absolute atomic E-state index is 0.852. The van der Waals surface area contributed by atoms with Gasteiger partial charge < -0.3 is 10.2 Å². The molecule has 0 bridgehead atoms. The van der Waals surface area contributed by atoms with Gasteiger partial charge in [0.05, 0.1) is 0 Å². The highest BCUT2D eigenvalue weighted by Gasteiger charge is 2.04. The van der Waals surface area contributed by atoms with Gasteiger partial charge in [0, 0.05) is 30.8 Å². The quantitative estimate of drug-likeness (QED) is 0.747. The molecule has 0 aliphatic carbocycles. The third kappa shape index (κ3) is 4.57. The second-order valence-corrected chi connectivity index (χ2v) is 4.78. The van der Waals surface area contributed by atoms with Crippen LogP contribution in [0.1, 0.15) is 32.3 Å². The summed E-state index contributed by atoms with van der Waals surface area (Å²) in [4.78, 5) is 2.23. The molecule has 0 aliphatic heterocycles. The average Bonchev–Trinajstić information content (AvgIpc) is 2.31. The van der Waals surface area contributed by atoms with E-state index in [-0.39, 0.29) is 0 Å². The van der Waals surface area contributed by atoms with Gasteiger partial charge in [-0.2, -0.15) is 0 Å². The second-order valence-electron chi connectivity index (χ2n) is 4.37. The van der Waals surface area contributed by atoms with Crippen LogP contribution in [0.5, 0.6) is 0 Å². The summed E-state index contributed by atoms with van der Waals surface area (Å²) in [5.41, 5.74) is 2.37. The summed E-state index contributed by atoms with van der Waals surface area (Å²) in [7, 11) is 2.10. The molecular formula is C14H23ClN2. The topological polar surface area (TPSA) is 15.3 Å². The van der Waals surface area contributed by atoms with Crippen molar-refractivity contribution in [1.29, 1.82) is 0 Å². The van der Waals surface area contributed by atoms with Gasteiger partial charge >= 0.3 is 0 Å². The predicted octanol–water partition coefficient (Wildman–Crippen LogP) is 3.69. The van der Waals surface area contributed by atoms with Crippen molar-refractivity contribution in [1.82, 2.24) is 5.32 Å². The van der Waals surface area contributed by atoms with Crippen LogP contribution < -0.4 is 10.2 Å². The Balaban J connectivity index is 2.65. The molecule has 0 amide bonds. The van der Waals surface area contributed by atoms with Crippen molar-refractivity contribution >= 4 is 17.3 Å². The van der Waals surface area contributed by atoms with Crippen LogP contribution in [0.25, 0.3) is 0 Å². The summed E-state index contributed by atoms with van der Waals surface area (Å²) in [5, 5.41) is 4.22. The Hall–Kier alpha value is -0.730. The van der Waals surface area contributed by atoms with Crippen molar-refractivity contribution in [3.05, 3.63) is 28.8 Å². The zero-order chi connectivity index (χ0) is 12.7. The number of anilines is 1. The summed E-state index contributed by atoms with van der Waals surface area (Å²) in [6.45, 7) is 7.29. The average molecular weight is 255 g/mol. The maximum absolute atomic E-state index is 6.29. The van der Waals surface area contributed by atoms with Gasteiger partial charge in [0.1, 0.15) is 0 Å². The Morgan fingerprint density at radius 1 is 1.24 bits per heavy atom. The molecule has 2 nitrogen and oxygen atoms in total. The molecule has 1 N–H and O–H groups in total. The zero-order valence-corrected chi connectivity index (χ0v) is 11.8. The van der Waals surface area contributed by atoms with Gasteiger partial charge in [-0.15, -0.1) is 0 Å². The van der Waals surface area contributed by atoms with E-state index in [0.29, 0.717) is 0 Å². The standard InChI is InChI=1S/C14H23ClN2/c1-4-8-16-11-12-6-7-13(10-14(12)15)17(3)9-5-2/h6-7,10,16H,4-5,8-9,11H2,1-3H3. The molecule has 0 atom stereocenters. The number of benzene rings is 1. The minimum atomic E-state index is 0.852. The minimum Gasteiger partial charge on any atom is -0.375 e. The van der Waals surface area contributed by atoms with Crippen LogP contribution in [0.15, 0.2) is 18.2 Å². The van der Waals surface area contributed by atoms with Gasteiger partial charge in [-0.25, -0.2) is 0 Å². The molecule has 0 saturated carbocycles. The van der Waals surface area contributed by atoms with E-state index in [2.05, 4.69) is 49.3 Å². The van der Waals surface area contributed by atoms with Crippen LogP contribution in [-0.4, -0.2) is 20.1 Å². The molecule has 0 radical (unpaired) electrons. The van der Waals surface area contributed by atoms with Crippen molar-refractivity contribution in [3.8, 4) is 0 Å². The molecule has 3 heteroatoms. The van der Waals surface area contributed by atoms with Gasteiger partial charge in [-0.1, -0.05) is 31.5 Å². The summed E-state index contributed by atoms with van der Waals surface area (Å²) in [6, 6.07) is 6.32. The number of hydrogen-bond acceptors (Lipinski definition) is 2. The number of hydrogen-bond donors (Lipinski definition) is 1. The van der Waals surface area contributed by atoms with E-state index in [1.165, 1.54) is 11.3 Å². The van der Waals surface area contributed by atoms with Crippen LogP contribution >= 0.6 is 11.6 Å². The normalized spacial score (nSPS) is 10.6. The fourth-order valence-electron chi connectivity index (χ4n) is 1.78. The monoisotopic (exact) mass is 254 g/mol. The SMILES string of the molecule is CCCNCc1ccc(N(C)CCC)cc1Cl. The Kier molecular flexibility index (Phi) is 6.38. The molecule has 1 aromatic rings. The maximum atomic E-state index is 6.29. The van der Waals surface area contributed by atoms with Gasteiger partial charge in [-0.05, 0) is 37.1 Å². The molecule has 1 aromatic carbocycles. The zero-order valence-electron chi connectivity index (χ0n) is 11.1. The van der Waals surface area contributed by atoms with Gasteiger partial charge in [0.2, 0.25) is 0 Å². The van der Waals surface area contributed by atoms with Crippen LogP contribution in [-0.2, 0) is 6.54 Å². The van der Waals surface area contributed by atoms with E-state index in [1.54, 1.807) is 0 Å². The molecule has 0 fully saturated rings. The van der Waals surface area contributed by atoms with Crippen LogP contribution in [0.4, 0.5) is 5.69 Å². The Labute approximate surface area is 110 Å². The van der Waals surface area contributed by atoms with Gasteiger partial charge in [0.25, 0.3) is 0 Å². The van der Waals surface area contributed by atoms with E-state index >= 15 is 0 Å². The van der Waals surface area contributed by atoms with Crippen molar-refractivity contribution in [2.75, 3.05) is 25.0 Å². The van der Waals surface area contributed by atoms with E-state index < -0.39 is 0 Å². The van der Waals surface area contributed by atoms with Crippen molar-refractivity contribution < 1.29 is 0 Å². The smallest absolute Gasteiger partial charge is 0.0471 e. The van der Waals surface area contributed by atoms with Gasteiger partial charge in [0.15, 0.2) is 0 Å². The fraction of sp³-hybridized carbons (Fsp3) is 0.571. The Morgan fingerprint density at radius 2 is 2.00 bits per heavy atom. The van der Waals surface area contributed by atoms with Crippen LogP contribution in [0.3, 0.4) is 0 Å². The second kappa shape index (κ2) is 7.57. The highest BCUT2D eigenvalue weighted by atomic mass is 35.5. The molecule has 0 saturated heterocycles. The first-order valence-corrected chi connectivity index (χ1v) is 6.77. The molecular weight excluding hydrogens is 232 g/mol. The first-order chi connectivity index (χ1) is 8.19. The molecule has 96 valence electrons. The highest BCUT2D eigenvalue weighted by Crippen LogP contribution is 2.23. The predicted molar refractivity (Wildman–Crippen MR) is 77.0 cm³/mol. The lowest BCUT2D eigenvalue weighted by atomic mass is 10.2. The molecule has 17 heavy (non-hydrogen) atoms. The molecule has 0 heterocycles. The largest absolute Gasteiger partial charge is 0.375 e. The Bertz CT molecular complexity index is 339. The summed E-state index contributed by atoms with van der Waals surface area (Å²) in [6.07, 6.45) is 2.29. The molecule has 0 unspecified atom stereocenters. The van der Waals surface area contributed by atoms with Crippen LogP contribution in [0, 0.1) is 0 Å². The molecule has 1 rings (SSSR count). The number of nitrogens with one attached hydrogen (secondary N) is 1. The molecule has 0 aromatic heterocycles. The number of halogens is 1. The van der Waals surface area contributed by atoms with E-state index in [4.69, 9.17) is 11.6 Å². The molecule has 0 spiro atoms. The fourth-order valence-corrected chi connectivity index (χ4v) is 2.02. The summed E-state index contributed by atoms with van der Waals surface area (Å²) >= 11 is 6.29. The lowest BCUT2D eigenvalue weighted by molar-refractivity contribution is 0.675. The van der Waals surface area contributed by atoms with Gasteiger partial charge in [-0.3, -0.25) is 0 Å². The van der Waals surface area contributed by atoms with Crippen molar-refractivity contribution in [2.24, 2.45) is 0 Å².